The van der Waals surface area contributed by atoms with Crippen molar-refractivity contribution in [1.82, 2.24) is 0 Å². The molecule has 1 rings (SSSR count). The first kappa shape index (κ1) is 15.0. The van der Waals surface area contributed by atoms with Gasteiger partial charge in [0.25, 0.3) is 0 Å². The van der Waals surface area contributed by atoms with E-state index in [4.69, 9.17) is 11.6 Å². The average Bonchev–Trinajstić information content (AvgIpc) is 2.27. The number of halogens is 2. The van der Waals surface area contributed by atoms with Gasteiger partial charge in [0.15, 0.2) is 9.84 Å². The number of hydrogen-bond acceptors (Lipinski definition) is 2. The number of sulfone groups is 1. The largest absolute Gasteiger partial charge is 0.224 e. The minimum Gasteiger partial charge on any atom is -0.224 e. The lowest BCUT2D eigenvalue weighted by atomic mass is 10.1. The predicted octanol–water partition coefficient (Wildman–Crippen LogP) is 3.88. The molecule has 0 aliphatic heterocycles. The highest BCUT2D eigenvalue weighted by Gasteiger charge is 2.16. The molecule has 17 heavy (non-hydrogen) atoms. The lowest BCUT2D eigenvalue weighted by molar-refractivity contribution is 0.534. The first-order valence-corrected chi connectivity index (χ1v) is 8.48. The number of rotatable bonds is 6. The summed E-state index contributed by atoms with van der Waals surface area (Å²) in [6.07, 6.45) is 1.51. The standard InChI is InChI=1S/C12H16BrClO2S/c1-10(5-7-14)6-8-17(15,16)12-4-2-3-11(13)9-12/h2-4,9-10H,5-8H2,1H3. The molecule has 1 atom stereocenters. The Kier molecular flexibility index (Phi) is 5.97. The monoisotopic (exact) mass is 338 g/mol. The van der Waals surface area contributed by atoms with Crippen molar-refractivity contribution in [1.29, 1.82) is 0 Å². The summed E-state index contributed by atoms with van der Waals surface area (Å²) < 4.78 is 24.9. The summed E-state index contributed by atoms with van der Waals surface area (Å²) in [6, 6.07) is 6.82. The Hall–Kier alpha value is -0.0600. The molecule has 0 aliphatic carbocycles. The molecule has 0 bridgehead atoms. The van der Waals surface area contributed by atoms with Gasteiger partial charge in [0.1, 0.15) is 0 Å². The molecule has 0 N–H and O–H groups in total. The van der Waals surface area contributed by atoms with Gasteiger partial charge in [0, 0.05) is 10.4 Å². The predicted molar refractivity (Wildman–Crippen MR) is 75.3 cm³/mol. The SMILES string of the molecule is CC(CCCl)CCS(=O)(=O)c1cccc(Br)c1. The van der Waals surface area contributed by atoms with Crippen molar-refractivity contribution >= 4 is 37.4 Å². The summed E-state index contributed by atoms with van der Waals surface area (Å²) in [5, 5.41) is 0. The number of hydrogen-bond donors (Lipinski definition) is 0. The molecule has 0 aliphatic rings. The minimum absolute atomic E-state index is 0.182. The number of benzene rings is 1. The smallest absolute Gasteiger partial charge is 0.178 e. The maximum Gasteiger partial charge on any atom is 0.178 e. The lowest BCUT2D eigenvalue weighted by Gasteiger charge is -2.10. The van der Waals surface area contributed by atoms with Gasteiger partial charge in [-0.15, -0.1) is 11.6 Å². The van der Waals surface area contributed by atoms with Crippen LogP contribution in [0, 0.1) is 5.92 Å². The highest BCUT2D eigenvalue weighted by molar-refractivity contribution is 9.10. The van der Waals surface area contributed by atoms with E-state index in [1.165, 1.54) is 0 Å². The zero-order valence-corrected chi connectivity index (χ0v) is 12.9. The van der Waals surface area contributed by atoms with Crippen LogP contribution in [0.4, 0.5) is 0 Å². The Morgan fingerprint density at radius 2 is 2.06 bits per heavy atom. The summed E-state index contributed by atoms with van der Waals surface area (Å²) >= 11 is 8.91. The van der Waals surface area contributed by atoms with Crippen LogP contribution in [0.5, 0.6) is 0 Å². The summed E-state index contributed by atoms with van der Waals surface area (Å²) in [7, 11) is -3.17. The van der Waals surface area contributed by atoms with E-state index in [9.17, 15) is 8.42 Å². The molecule has 0 amide bonds. The third-order valence-corrected chi connectivity index (χ3v) is 5.09. The molecule has 5 heteroatoms. The van der Waals surface area contributed by atoms with Crippen LogP contribution in [-0.2, 0) is 9.84 Å². The van der Waals surface area contributed by atoms with E-state index in [1.807, 2.05) is 13.0 Å². The summed E-state index contributed by atoms with van der Waals surface area (Å²) in [5.41, 5.74) is 0. The summed E-state index contributed by atoms with van der Waals surface area (Å²) in [4.78, 5) is 0.380. The summed E-state index contributed by atoms with van der Waals surface area (Å²) in [6.45, 7) is 2.03. The average molecular weight is 340 g/mol. The Labute approximate surface area is 116 Å². The van der Waals surface area contributed by atoms with Gasteiger partial charge in [-0.05, 0) is 37.0 Å². The van der Waals surface area contributed by atoms with Crippen LogP contribution in [0.15, 0.2) is 33.6 Å². The third-order valence-electron chi connectivity index (χ3n) is 2.64. The molecule has 1 unspecified atom stereocenters. The van der Waals surface area contributed by atoms with Crippen LogP contribution in [0.25, 0.3) is 0 Å². The molecule has 0 spiro atoms. The van der Waals surface area contributed by atoms with E-state index >= 15 is 0 Å². The van der Waals surface area contributed by atoms with Crippen LogP contribution in [-0.4, -0.2) is 20.1 Å². The quantitative estimate of drug-likeness (QED) is 0.737. The second kappa shape index (κ2) is 6.76. The van der Waals surface area contributed by atoms with Gasteiger partial charge >= 0.3 is 0 Å². The van der Waals surface area contributed by atoms with Crippen LogP contribution in [0.3, 0.4) is 0 Å². The van der Waals surface area contributed by atoms with Crippen molar-refractivity contribution in [3.63, 3.8) is 0 Å². The second-order valence-corrected chi connectivity index (χ2v) is 7.55. The van der Waals surface area contributed by atoms with Crippen molar-refractivity contribution in [2.45, 2.75) is 24.7 Å². The molecule has 0 saturated carbocycles. The Bertz CT molecular complexity index is 459. The van der Waals surface area contributed by atoms with E-state index in [0.717, 1.165) is 10.9 Å². The van der Waals surface area contributed by atoms with Gasteiger partial charge in [-0.1, -0.05) is 28.9 Å². The normalized spacial score (nSPS) is 13.6. The van der Waals surface area contributed by atoms with Crippen molar-refractivity contribution in [3.05, 3.63) is 28.7 Å². The van der Waals surface area contributed by atoms with Gasteiger partial charge < -0.3 is 0 Å². The molecule has 1 aromatic carbocycles. The van der Waals surface area contributed by atoms with E-state index in [0.29, 0.717) is 23.1 Å². The maximum absolute atomic E-state index is 12.0. The van der Waals surface area contributed by atoms with E-state index < -0.39 is 9.84 Å². The first-order valence-electron chi connectivity index (χ1n) is 5.50. The molecule has 1 aromatic rings. The van der Waals surface area contributed by atoms with Crippen molar-refractivity contribution in [2.24, 2.45) is 5.92 Å². The lowest BCUT2D eigenvalue weighted by Crippen LogP contribution is -2.10. The van der Waals surface area contributed by atoms with Crippen LogP contribution in [0.2, 0.25) is 0 Å². The Balaban J connectivity index is 2.69. The van der Waals surface area contributed by atoms with Crippen molar-refractivity contribution < 1.29 is 8.42 Å². The second-order valence-electron chi connectivity index (χ2n) is 4.15. The van der Waals surface area contributed by atoms with Crippen LogP contribution in [0.1, 0.15) is 19.8 Å². The fourth-order valence-electron chi connectivity index (χ4n) is 1.47. The van der Waals surface area contributed by atoms with Crippen LogP contribution < -0.4 is 0 Å². The molecule has 0 aromatic heterocycles. The number of alkyl halides is 1. The Morgan fingerprint density at radius 3 is 2.65 bits per heavy atom. The first-order chi connectivity index (χ1) is 7.95. The highest BCUT2D eigenvalue weighted by atomic mass is 79.9. The zero-order chi connectivity index (χ0) is 12.9. The van der Waals surface area contributed by atoms with Crippen molar-refractivity contribution in [2.75, 3.05) is 11.6 Å². The third kappa shape index (κ3) is 4.98. The summed E-state index contributed by atoms with van der Waals surface area (Å²) in [5.74, 6) is 1.11. The molecule has 0 fully saturated rings. The molecule has 2 nitrogen and oxygen atoms in total. The fourth-order valence-corrected chi connectivity index (χ4v) is 3.93. The van der Waals surface area contributed by atoms with Crippen LogP contribution >= 0.6 is 27.5 Å². The fraction of sp³-hybridized carbons (Fsp3) is 0.500. The maximum atomic E-state index is 12.0. The molecule has 96 valence electrons. The molecule has 0 heterocycles. The van der Waals surface area contributed by atoms with Gasteiger partial charge in [0.05, 0.1) is 10.6 Å². The van der Waals surface area contributed by atoms with Gasteiger partial charge in [-0.3, -0.25) is 0 Å². The minimum atomic E-state index is -3.17. The Morgan fingerprint density at radius 1 is 1.35 bits per heavy atom. The topological polar surface area (TPSA) is 34.1 Å². The van der Waals surface area contributed by atoms with Gasteiger partial charge in [-0.25, -0.2) is 8.42 Å². The molecular weight excluding hydrogens is 324 g/mol. The van der Waals surface area contributed by atoms with E-state index in [2.05, 4.69) is 15.9 Å². The van der Waals surface area contributed by atoms with Gasteiger partial charge in [0.2, 0.25) is 0 Å². The van der Waals surface area contributed by atoms with E-state index in [-0.39, 0.29) is 5.75 Å². The van der Waals surface area contributed by atoms with E-state index in [1.54, 1.807) is 18.2 Å². The van der Waals surface area contributed by atoms with Crippen molar-refractivity contribution in [3.8, 4) is 0 Å². The zero-order valence-electron chi connectivity index (χ0n) is 9.70. The molecular formula is C12H16BrClO2S. The highest BCUT2D eigenvalue weighted by Crippen LogP contribution is 2.19. The van der Waals surface area contributed by atoms with Gasteiger partial charge in [-0.2, -0.15) is 0 Å². The molecule has 0 radical (unpaired) electrons. The molecule has 0 saturated heterocycles.